The molecule has 2 rings (SSSR count). The minimum absolute atomic E-state index is 0.0172. The topological polar surface area (TPSA) is 40.5 Å². The van der Waals surface area contributed by atoms with Crippen LogP contribution in [-0.2, 0) is 11.8 Å². The molecule has 2 N–H and O–H groups in total. The number of halogens is 3. The van der Waals surface area contributed by atoms with E-state index in [0.717, 1.165) is 0 Å². The van der Waals surface area contributed by atoms with Gasteiger partial charge in [-0.2, -0.15) is 0 Å². The molecule has 0 aromatic heterocycles. The van der Waals surface area contributed by atoms with E-state index in [4.69, 9.17) is 11.6 Å². The van der Waals surface area contributed by atoms with E-state index in [9.17, 15) is 19.0 Å². The monoisotopic (exact) mass is 312 g/mol. The van der Waals surface area contributed by atoms with Crippen molar-refractivity contribution in [2.75, 3.05) is 13.2 Å². The second-order valence-electron chi connectivity index (χ2n) is 4.99. The maximum atomic E-state index is 14.0. The molecule has 0 spiro atoms. The first-order valence-electron chi connectivity index (χ1n) is 6.43. The van der Waals surface area contributed by atoms with Gasteiger partial charge in [0.1, 0.15) is 11.6 Å². The largest absolute Gasteiger partial charge is 0.395 e. The van der Waals surface area contributed by atoms with Crippen LogP contribution in [0, 0.1) is 11.6 Å². The van der Waals surface area contributed by atoms with Gasteiger partial charge in [-0.05, 0) is 35.7 Å². The molecule has 2 nitrogen and oxygen atoms in total. The van der Waals surface area contributed by atoms with Gasteiger partial charge in [0.15, 0.2) is 0 Å². The molecule has 0 bridgehead atoms. The van der Waals surface area contributed by atoms with Crippen molar-refractivity contribution >= 4 is 11.6 Å². The van der Waals surface area contributed by atoms with Crippen molar-refractivity contribution in [2.45, 2.75) is 11.8 Å². The third-order valence-electron chi connectivity index (χ3n) is 3.62. The summed E-state index contributed by atoms with van der Waals surface area (Å²) in [6.07, 6.45) is 0.0536. The normalized spacial score (nSPS) is 11.7. The fourth-order valence-corrected chi connectivity index (χ4v) is 2.49. The van der Waals surface area contributed by atoms with E-state index >= 15 is 0 Å². The van der Waals surface area contributed by atoms with Crippen LogP contribution in [0.1, 0.15) is 11.1 Å². The molecule has 0 aliphatic carbocycles. The van der Waals surface area contributed by atoms with Gasteiger partial charge >= 0.3 is 0 Å². The van der Waals surface area contributed by atoms with Crippen LogP contribution in [0.15, 0.2) is 42.5 Å². The van der Waals surface area contributed by atoms with E-state index in [1.54, 1.807) is 12.1 Å². The van der Waals surface area contributed by atoms with Crippen molar-refractivity contribution < 1.29 is 19.0 Å². The molecule has 0 radical (unpaired) electrons. The lowest BCUT2D eigenvalue weighted by molar-refractivity contribution is 0.115. The predicted molar refractivity (Wildman–Crippen MR) is 77.4 cm³/mol. The van der Waals surface area contributed by atoms with Gasteiger partial charge in [-0.1, -0.05) is 35.9 Å². The number of hydrogen-bond donors (Lipinski definition) is 2. The average Bonchev–Trinajstić information content (AvgIpc) is 2.50. The maximum Gasteiger partial charge on any atom is 0.145 e. The molecule has 0 unspecified atom stereocenters. The van der Waals surface area contributed by atoms with Gasteiger partial charge in [0.2, 0.25) is 0 Å². The molecule has 0 amide bonds. The molecule has 112 valence electrons. The Balaban J connectivity index is 2.43. The quantitative estimate of drug-likeness (QED) is 0.891. The van der Waals surface area contributed by atoms with Gasteiger partial charge in [-0.25, -0.2) is 8.78 Å². The van der Waals surface area contributed by atoms with Crippen LogP contribution in [0.25, 0.3) is 0 Å². The Hall–Kier alpha value is -1.49. The molecule has 0 heterocycles. The third kappa shape index (κ3) is 3.23. The van der Waals surface area contributed by atoms with Crippen LogP contribution in [0.2, 0.25) is 5.02 Å². The summed E-state index contributed by atoms with van der Waals surface area (Å²) in [6.45, 7) is -0.803. The first-order valence-corrected chi connectivity index (χ1v) is 6.81. The molecule has 0 fully saturated rings. The highest BCUT2D eigenvalue weighted by atomic mass is 35.5. The zero-order valence-corrected chi connectivity index (χ0v) is 11.9. The lowest BCUT2D eigenvalue weighted by atomic mass is 9.76. The number of hydrogen-bond acceptors (Lipinski definition) is 2. The van der Waals surface area contributed by atoms with Crippen molar-refractivity contribution in [3.05, 3.63) is 70.2 Å². The van der Waals surface area contributed by atoms with Gasteiger partial charge in [0.05, 0.1) is 18.2 Å². The zero-order valence-electron chi connectivity index (χ0n) is 11.2. The molecule has 21 heavy (non-hydrogen) atoms. The maximum absolute atomic E-state index is 14.0. The smallest absolute Gasteiger partial charge is 0.145 e. The van der Waals surface area contributed by atoms with Crippen molar-refractivity contribution in [1.82, 2.24) is 0 Å². The SMILES string of the molecule is OCC(CO)(Cc1cccc(Cl)c1F)c1ccc(F)cc1. The molecule has 0 aliphatic heterocycles. The molecule has 5 heteroatoms. The van der Waals surface area contributed by atoms with Crippen molar-refractivity contribution in [3.8, 4) is 0 Å². The highest BCUT2D eigenvalue weighted by molar-refractivity contribution is 6.30. The molecule has 0 saturated carbocycles. The van der Waals surface area contributed by atoms with Crippen molar-refractivity contribution in [2.24, 2.45) is 0 Å². The molecule has 0 aliphatic rings. The Labute approximate surface area is 126 Å². The molecule has 2 aromatic rings. The van der Waals surface area contributed by atoms with Gasteiger partial charge in [0, 0.05) is 5.41 Å². The lowest BCUT2D eigenvalue weighted by Crippen LogP contribution is -2.37. The molecule has 0 saturated heterocycles. The second kappa shape index (κ2) is 6.52. The number of aliphatic hydroxyl groups excluding tert-OH is 2. The summed E-state index contributed by atoms with van der Waals surface area (Å²) in [5, 5.41) is 19.4. The first kappa shape index (κ1) is 15.9. The van der Waals surface area contributed by atoms with Crippen LogP contribution >= 0.6 is 11.6 Å². The second-order valence-corrected chi connectivity index (χ2v) is 5.40. The summed E-state index contributed by atoms with van der Waals surface area (Å²) >= 11 is 5.75. The Morgan fingerprint density at radius 1 is 0.952 bits per heavy atom. The summed E-state index contributed by atoms with van der Waals surface area (Å²) in [7, 11) is 0. The Kier molecular flexibility index (Phi) is 4.93. The third-order valence-corrected chi connectivity index (χ3v) is 3.91. The van der Waals surface area contributed by atoms with E-state index in [2.05, 4.69) is 0 Å². The summed E-state index contributed by atoms with van der Waals surface area (Å²) in [5.74, 6) is -0.995. The van der Waals surface area contributed by atoms with Gasteiger partial charge in [-0.15, -0.1) is 0 Å². The highest BCUT2D eigenvalue weighted by Gasteiger charge is 2.32. The summed E-state index contributed by atoms with van der Waals surface area (Å²) < 4.78 is 27.1. The van der Waals surface area contributed by atoms with E-state index < -0.39 is 30.3 Å². The van der Waals surface area contributed by atoms with E-state index in [1.165, 1.54) is 30.3 Å². The Morgan fingerprint density at radius 3 is 2.14 bits per heavy atom. The minimum Gasteiger partial charge on any atom is -0.395 e. The molecule has 0 atom stereocenters. The van der Waals surface area contributed by atoms with Crippen molar-refractivity contribution in [3.63, 3.8) is 0 Å². The first-order chi connectivity index (χ1) is 10.0. The fraction of sp³-hybridized carbons (Fsp3) is 0.250. The number of benzene rings is 2. The van der Waals surface area contributed by atoms with Gasteiger partial charge in [-0.3, -0.25) is 0 Å². The number of rotatable bonds is 5. The summed E-state index contributed by atoms with van der Waals surface area (Å²) in [6, 6.07) is 10.0. The lowest BCUT2D eigenvalue weighted by Gasteiger charge is -2.30. The minimum atomic E-state index is -1.10. The Bertz CT molecular complexity index is 610. The summed E-state index contributed by atoms with van der Waals surface area (Å²) in [5.41, 5.74) is -0.276. The molecular formula is C16H15ClF2O2. The van der Waals surface area contributed by atoms with Crippen LogP contribution in [-0.4, -0.2) is 23.4 Å². The van der Waals surface area contributed by atoms with Crippen LogP contribution in [0.4, 0.5) is 8.78 Å². The fourth-order valence-electron chi connectivity index (χ4n) is 2.30. The highest BCUT2D eigenvalue weighted by Crippen LogP contribution is 2.30. The summed E-state index contributed by atoms with van der Waals surface area (Å²) in [4.78, 5) is 0. The van der Waals surface area contributed by atoms with Gasteiger partial charge < -0.3 is 10.2 Å². The van der Waals surface area contributed by atoms with Crippen LogP contribution < -0.4 is 0 Å². The van der Waals surface area contributed by atoms with Crippen LogP contribution in [0.5, 0.6) is 0 Å². The predicted octanol–water partition coefficient (Wildman–Crippen LogP) is 3.08. The van der Waals surface area contributed by atoms with E-state index in [1.807, 2.05) is 0 Å². The van der Waals surface area contributed by atoms with Gasteiger partial charge in [0.25, 0.3) is 0 Å². The Morgan fingerprint density at radius 2 is 1.57 bits per heavy atom. The standard InChI is InChI=1S/C16H15ClF2O2/c17-14-3-1-2-11(15(14)19)8-16(9-20,10-21)12-4-6-13(18)7-5-12/h1-7,20-21H,8-10H2. The van der Waals surface area contributed by atoms with E-state index in [0.29, 0.717) is 5.56 Å². The molecule has 2 aromatic carbocycles. The molecular weight excluding hydrogens is 298 g/mol. The van der Waals surface area contributed by atoms with Crippen molar-refractivity contribution in [1.29, 1.82) is 0 Å². The van der Waals surface area contributed by atoms with Crippen LogP contribution in [0.3, 0.4) is 0 Å². The van der Waals surface area contributed by atoms with E-state index in [-0.39, 0.29) is 17.0 Å². The average molecular weight is 313 g/mol. The number of aliphatic hydroxyl groups is 2. The zero-order chi connectivity index (χ0) is 15.5.